The molecule has 1 saturated heterocycles. The monoisotopic (exact) mass is 281 g/mol. The number of carbonyl (C=O) groups excluding carboxylic acids is 1. The van der Waals surface area contributed by atoms with Crippen molar-refractivity contribution >= 4 is 17.5 Å². The average molecular weight is 282 g/mol. The Hall–Kier alpha value is -1.26. The minimum atomic E-state index is -0.190. The molecule has 0 aromatic heterocycles. The predicted molar refractivity (Wildman–Crippen MR) is 71.7 cm³/mol. The highest BCUT2D eigenvalue weighted by Crippen LogP contribution is 2.34. The second kappa shape index (κ2) is 5.39. The highest BCUT2D eigenvalue weighted by Gasteiger charge is 2.35. The Morgan fingerprint density at radius 1 is 1.42 bits per heavy atom. The van der Waals surface area contributed by atoms with Crippen LogP contribution in [-0.2, 0) is 9.53 Å². The molecule has 0 N–H and O–H groups in total. The Balaban J connectivity index is 1.75. The lowest BCUT2D eigenvalue weighted by Crippen LogP contribution is -2.48. The van der Waals surface area contributed by atoms with E-state index in [1.165, 1.54) is 0 Å². The van der Waals surface area contributed by atoms with Crippen LogP contribution in [0.15, 0.2) is 24.3 Å². The lowest BCUT2D eigenvalue weighted by molar-refractivity contribution is -0.139. The number of hydrogen-bond donors (Lipinski definition) is 0. The highest BCUT2D eigenvalue weighted by molar-refractivity contribution is 6.18. The maximum atomic E-state index is 12.6. The van der Waals surface area contributed by atoms with Crippen LogP contribution < -0.4 is 4.74 Å². The quantitative estimate of drug-likeness (QED) is 0.774. The number of amides is 1. The first-order valence-electron chi connectivity index (χ1n) is 6.47. The second-order valence-electron chi connectivity index (χ2n) is 4.83. The minimum absolute atomic E-state index is 0.0584. The molecule has 3 rings (SSSR count). The normalized spacial score (nSPS) is 25.8. The molecule has 0 bridgehead atoms. The van der Waals surface area contributed by atoms with Gasteiger partial charge >= 0.3 is 0 Å². The fraction of sp³-hybridized carbons (Fsp3) is 0.500. The summed E-state index contributed by atoms with van der Waals surface area (Å²) < 4.78 is 11.1. The zero-order valence-corrected chi connectivity index (χ0v) is 11.3. The molecule has 2 heterocycles. The third kappa shape index (κ3) is 2.42. The van der Waals surface area contributed by atoms with Crippen molar-refractivity contribution in [1.82, 2.24) is 4.90 Å². The molecular weight excluding hydrogens is 266 g/mol. The molecule has 0 spiro atoms. The Morgan fingerprint density at radius 2 is 2.26 bits per heavy atom. The summed E-state index contributed by atoms with van der Waals surface area (Å²) in [7, 11) is 0. The van der Waals surface area contributed by atoms with Gasteiger partial charge in [0.1, 0.15) is 18.3 Å². The SMILES string of the molecule is O=C(C1COc2ccccc21)N1CCOC(CCl)C1. The standard InChI is InChI=1S/C14H16ClNO3/c15-7-10-8-16(5-6-18-10)14(17)12-9-19-13-4-2-1-3-11(12)13/h1-4,10,12H,5-9H2. The third-order valence-corrected chi connectivity index (χ3v) is 3.96. The molecule has 1 amide bonds. The summed E-state index contributed by atoms with van der Waals surface area (Å²) >= 11 is 5.80. The Labute approximate surface area is 117 Å². The molecule has 1 aromatic carbocycles. The fourth-order valence-corrected chi connectivity index (χ4v) is 2.79. The molecule has 0 aliphatic carbocycles. The molecule has 102 valence electrons. The molecular formula is C14H16ClNO3. The van der Waals surface area contributed by atoms with Crippen LogP contribution in [0, 0.1) is 0 Å². The number of morpholine rings is 1. The summed E-state index contributed by atoms with van der Waals surface area (Å²) in [5, 5.41) is 0. The van der Waals surface area contributed by atoms with Crippen LogP contribution in [0.5, 0.6) is 5.75 Å². The van der Waals surface area contributed by atoms with Gasteiger partial charge in [-0.2, -0.15) is 0 Å². The topological polar surface area (TPSA) is 38.8 Å². The number of carbonyl (C=O) groups is 1. The van der Waals surface area contributed by atoms with Gasteiger partial charge in [0.2, 0.25) is 5.91 Å². The molecule has 2 unspecified atom stereocenters. The molecule has 1 fully saturated rings. The van der Waals surface area contributed by atoms with Crippen LogP contribution in [-0.4, -0.2) is 49.1 Å². The van der Waals surface area contributed by atoms with Crippen LogP contribution in [0.25, 0.3) is 0 Å². The lowest BCUT2D eigenvalue weighted by Gasteiger charge is -2.33. The van der Waals surface area contributed by atoms with E-state index in [2.05, 4.69) is 0 Å². The summed E-state index contributed by atoms with van der Waals surface area (Å²) in [4.78, 5) is 14.4. The van der Waals surface area contributed by atoms with Crippen molar-refractivity contribution in [3.8, 4) is 5.75 Å². The number of fused-ring (bicyclic) bond motifs is 1. The summed E-state index contributed by atoms with van der Waals surface area (Å²) in [6.45, 7) is 2.19. The van der Waals surface area contributed by atoms with Gasteiger partial charge in [0.25, 0.3) is 0 Å². The summed E-state index contributed by atoms with van der Waals surface area (Å²) in [5.74, 6) is 1.17. The van der Waals surface area contributed by atoms with Gasteiger partial charge in [-0.15, -0.1) is 11.6 Å². The molecule has 0 radical (unpaired) electrons. The molecule has 1 aromatic rings. The number of ether oxygens (including phenoxy) is 2. The smallest absolute Gasteiger partial charge is 0.233 e. The van der Waals surface area contributed by atoms with E-state index in [0.717, 1.165) is 11.3 Å². The summed E-state index contributed by atoms with van der Waals surface area (Å²) in [6, 6.07) is 7.73. The zero-order valence-electron chi connectivity index (χ0n) is 10.5. The van der Waals surface area contributed by atoms with Gasteiger partial charge in [-0.3, -0.25) is 4.79 Å². The van der Waals surface area contributed by atoms with Gasteiger partial charge in [0, 0.05) is 18.7 Å². The average Bonchev–Trinajstić information content (AvgIpc) is 2.90. The van der Waals surface area contributed by atoms with Crippen LogP contribution >= 0.6 is 11.6 Å². The van der Waals surface area contributed by atoms with Crippen LogP contribution in [0.1, 0.15) is 11.5 Å². The third-order valence-electron chi connectivity index (χ3n) is 3.62. The van der Waals surface area contributed by atoms with Crippen molar-refractivity contribution in [2.45, 2.75) is 12.0 Å². The van der Waals surface area contributed by atoms with Gasteiger partial charge in [0.15, 0.2) is 0 Å². The lowest BCUT2D eigenvalue weighted by atomic mass is 9.99. The van der Waals surface area contributed by atoms with Crippen molar-refractivity contribution in [1.29, 1.82) is 0 Å². The zero-order chi connectivity index (χ0) is 13.2. The number of nitrogens with zero attached hydrogens (tertiary/aromatic N) is 1. The highest BCUT2D eigenvalue weighted by atomic mass is 35.5. The maximum Gasteiger partial charge on any atom is 0.233 e. The van der Waals surface area contributed by atoms with E-state index >= 15 is 0 Å². The number of rotatable bonds is 2. The Morgan fingerprint density at radius 3 is 3.11 bits per heavy atom. The number of halogens is 1. The molecule has 2 aliphatic heterocycles. The van der Waals surface area contributed by atoms with E-state index in [-0.39, 0.29) is 17.9 Å². The van der Waals surface area contributed by atoms with Gasteiger partial charge in [-0.05, 0) is 6.07 Å². The van der Waals surface area contributed by atoms with Crippen molar-refractivity contribution in [3.63, 3.8) is 0 Å². The summed E-state index contributed by atoms with van der Waals surface area (Å²) in [6.07, 6.45) is -0.0584. The largest absolute Gasteiger partial charge is 0.492 e. The second-order valence-corrected chi connectivity index (χ2v) is 5.14. The van der Waals surface area contributed by atoms with Crippen molar-refractivity contribution in [3.05, 3.63) is 29.8 Å². The summed E-state index contributed by atoms with van der Waals surface area (Å²) in [5.41, 5.74) is 0.987. The number of benzene rings is 1. The predicted octanol–water partition coefficient (Wildman–Crippen LogP) is 1.63. The van der Waals surface area contributed by atoms with Crippen molar-refractivity contribution in [2.75, 3.05) is 32.2 Å². The molecule has 2 atom stereocenters. The Bertz CT molecular complexity index is 480. The fourth-order valence-electron chi connectivity index (χ4n) is 2.60. The van der Waals surface area contributed by atoms with E-state index in [4.69, 9.17) is 21.1 Å². The van der Waals surface area contributed by atoms with E-state index in [1.807, 2.05) is 29.2 Å². The number of para-hydroxylation sites is 1. The van der Waals surface area contributed by atoms with Crippen molar-refractivity contribution in [2.24, 2.45) is 0 Å². The van der Waals surface area contributed by atoms with Crippen LogP contribution in [0.4, 0.5) is 0 Å². The van der Waals surface area contributed by atoms with Crippen LogP contribution in [0.3, 0.4) is 0 Å². The van der Waals surface area contributed by atoms with Gasteiger partial charge in [0.05, 0.1) is 18.6 Å². The number of alkyl halides is 1. The van der Waals surface area contributed by atoms with E-state index in [9.17, 15) is 4.79 Å². The molecule has 0 saturated carbocycles. The molecule has 19 heavy (non-hydrogen) atoms. The number of hydrogen-bond acceptors (Lipinski definition) is 3. The maximum absolute atomic E-state index is 12.6. The van der Waals surface area contributed by atoms with Crippen LogP contribution in [0.2, 0.25) is 0 Å². The van der Waals surface area contributed by atoms with Gasteiger partial charge in [-0.1, -0.05) is 18.2 Å². The minimum Gasteiger partial charge on any atom is -0.492 e. The van der Waals surface area contributed by atoms with Gasteiger partial charge < -0.3 is 14.4 Å². The first-order chi connectivity index (χ1) is 9.29. The van der Waals surface area contributed by atoms with E-state index in [0.29, 0.717) is 32.2 Å². The molecule has 4 nitrogen and oxygen atoms in total. The molecule has 5 heteroatoms. The first kappa shape index (κ1) is 12.8. The Kier molecular flexibility index (Phi) is 3.62. The van der Waals surface area contributed by atoms with Gasteiger partial charge in [-0.25, -0.2) is 0 Å². The first-order valence-corrected chi connectivity index (χ1v) is 7.01. The molecule has 2 aliphatic rings. The van der Waals surface area contributed by atoms with E-state index < -0.39 is 0 Å². The van der Waals surface area contributed by atoms with Crippen molar-refractivity contribution < 1.29 is 14.3 Å². The van der Waals surface area contributed by atoms with E-state index in [1.54, 1.807) is 0 Å².